The van der Waals surface area contributed by atoms with Gasteiger partial charge in [-0.15, -0.1) is 0 Å². The maximum Gasteiger partial charge on any atom is 0.460 e. The summed E-state index contributed by atoms with van der Waals surface area (Å²) in [4.78, 5) is 21.2. The lowest BCUT2D eigenvalue weighted by Crippen LogP contribution is -2.76. The van der Waals surface area contributed by atoms with Crippen LogP contribution in [0.3, 0.4) is 0 Å². The Morgan fingerprint density at radius 2 is 1.82 bits per heavy atom. The minimum absolute atomic E-state index is 0.0851. The highest BCUT2D eigenvalue weighted by Crippen LogP contribution is 2.51. The summed E-state index contributed by atoms with van der Waals surface area (Å²) in [5.74, 6) is -4.98. The molecular formula is C21H24F8N7O3S+. The predicted molar refractivity (Wildman–Crippen MR) is 127 cm³/mol. The number of nitrogens with one attached hydrogen (secondary N) is 1. The molecule has 40 heavy (non-hydrogen) atoms. The molecule has 19 heteroatoms. The summed E-state index contributed by atoms with van der Waals surface area (Å²) in [7, 11) is 1.31. The van der Waals surface area contributed by atoms with Gasteiger partial charge in [0.2, 0.25) is 5.17 Å². The number of aromatic nitrogens is 1. The molecule has 10 nitrogen and oxygen atoms in total. The number of amidine groups is 1. The number of carbonyl (C=O) groups excluding carboxylic acids is 1. The molecule has 1 aromatic heterocycles. The van der Waals surface area contributed by atoms with Gasteiger partial charge >= 0.3 is 18.0 Å². The normalized spacial score (nSPS) is 13.4. The molecule has 1 amide bonds. The lowest BCUT2D eigenvalue weighted by Gasteiger charge is -2.34. The average molecular weight is 607 g/mol. The van der Waals surface area contributed by atoms with Crippen LogP contribution in [0.5, 0.6) is 0 Å². The van der Waals surface area contributed by atoms with Crippen molar-refractivity contribution in [2.45, 2.75) is 42.3 Å². The van der Waals surface area contributed by atoms with Crippen LogP contribution in [-0.2, 0) is 10.8 Å². The number of quaternary nitrogens is 1. The number of aliphatic hydroxyl groups is 1. The summed E-state index contributed by atoms with van der Waals surface area (Å²) in [5, 5.41) is 16.0. The molecule has 0 atom stereocenters. The first kappa shape index (κ1) is 32.9. The molecule has 0 unspecified atom stereocenters. The van der Waals surface area contributed by atoms with Crippen LogP contribution in [0.15, 0.2) is 40.5 Å². The van der Waals surface area contributed by atoms with E-state index in [9.17, 15) is 45.0 Å². The van der Waals surface area contributed by atoms with Gasteiger partial charge in [-0.1, -0.05) is 0 Å². The number of pyridine rings is 1. The van der Waals surface area contributed by atoms with E-state index in [0.717, 1.165) is 16.8 Å². The third-order valence-electron chi connectivity index (χ3n) is 5.25. The average Bonchev–Trinajstić information content (AvgIpc) is 2.87. The topological polar surface area (TPSA) is 156 Å². The quantitative estimate of drug-likeness (QED) is 0.0555. The molecule has 0 aliphatic rings. The van der Waals surface area contributed by atoms with Crippen LogP contribution >= 0.6 is 11.8 Å². The van der Waals surface area contributed by atoms with Crippen molar-refractivity contribution in [1.29, 1.82) is 0 Å². The van der Waals surface area contributed by atoms with Crippen molar-refractivity contribution in [1.82, 2.24) is 9.99 Å². The van der Waals surface area contributed by atoms with E-state index in [2.05, 4.69) is 10.1 Å². The van der Waals surface area contributed by atoms with E-state index in [1.807, 2.05) is 5.32 Å². The van der Waals surface area contributed by atoms with Gasteiger partial charge in [0.25, 0.3) is 5.91 Å². The maximum absolute atomic E-state index is 14.5. The zero-order valence-corrected chi connectivity index (χ0v) is 21.7. The zero-order chi connectivity index (χ0) is 30.7. The lowest BCUT2D eigenvalue weighted by atomic mass is 10.0. The number of rotatable bonds is 9. The Morgan fingerprint density at radius 1 is 1.20 bits per heavy atom. The van der Waals surface area contributed by atoms with Crippen LogP contribution in [0, 0.1) is 5.82 Å². The van der Waals surface area contributed by atoms with Crippen molar-refractivity contribution >= 4 is 34.3 Å². The van der Waals surface area contributed by atoms with Gasteiger partial charge in [0, 0.05) is 28.8 Å². The Labute approximate surface area is 225 Å². The van der Waals surface area contributed by atoms with Crippen LogP contribution in [0.25, 0.3) is 0 Å². The van der Waals surface area contributed by atoms with Gasteiger partial charge in [0.05, 0.1) is 24.8 Å². The number of benzene rings is 1. The van der Waals surface area contributed by atoms with Crippen molar-refractivity contribution < 1.29 is 55.3 Å². The van der Waals surface area contributed by atoms with Crippen LogP contribution in [-0.4, -0.2) is 57.5 Å². The van der Waals surface area contributed by atoms with E-state index in [4.69, 9.17) is 16.5 Å². The molecule has 0 radical (unpaired) electrons. The number of anilines is 1. The Balaban J connectivity index is 2.45. The van der Waals surface area contributed by atoms with E-state index >= 15 is 0 Å². The number of carbonyl (C=O) groups is 1. The van der Waals surface area contributed by atoms with Crippen molar-refractivity contribution in [2.75, 3.05) is 19.0 Å². The molecule has 8 N–H and O–H groups in total. The van der Waals surface area contributed by atoms with E-state index in [1.54, 1.807) is 13.8 Å². The number of amides is 1. The first-order valence-corrected chi connectivity index (χ1v) is 11.6. The largest absolute Gasteiger partial charge is 0.460 e. The van der Waals surface area contributed by atoms with Crippen molar-refractivity contribution in [3.63, 3.8) is 0 Å². The van der Waals surface area contributed by atoms with Crippen molar-refractivity contribution in [3.8, 4) is 0 Å². The number of hydrogen-bond acceptors (Lipinski definition) is 8. The van der Waals surface area contributed by atoms with E-state index in [1.165, 1.54) is 30.8 Å². The number of hydrogen-bond donors (Lipinski definition) is 5. The number of thioether (sulfide) groups is 1. The molecule has 0 saturated heterocycles. The predicted octanol–water partition coefficient (Wildman–Crippen LogP) is 2.79. The standard InChI is InChI=1S/C21H23F8N7O3S/c1-18(2,9-37)36(31)17(34-30)40-14-5-4-11(35-39-3)7-12(14)16(38)33-15-13(22)6-10(8-32-15)19(23,24)20(25,26)21(27,28)29/h4-8,35,37H,9,30-31H2,1-3H3,(H,32,33,38)/p+1/b34-17+. The lowest BCUT2D eigenvalue weighted by molar-refractivity contribution is -0.830. The smallest absolute Gasteiger partial charge is 0.394 e. The zero-order valence-electron chi connectivity index (χ0n) is 20.9. The van der Waals surface area contributed by atoms with Gasteiger partial charge in [-0.25, -0.2) is 20.1 Å². The molecule has 2 rings (SSSR count). The molecule has 0 spiro atoms. The Morgan fingerprint density at radius 3 is 2.33 bits per heavy atom. The summed E-state index contributed by atoms with van der Waals surface area (Å²) >= 11 is 0.742. The fraction of sp³-hybridized carbons (Fsp3) is 0.381. The molecule has 0 saturated carbocycles. The van der Waals surface area contributed by atoms with Gasteiger partial charge in [0.15, 0.2) is 17.3 Å². The van der Waals surface area contributed by atoms with Crippen molar-refractivity contribution in [2.24, 2.45) is 16.8 Å². The second-order valence-electron chi connectivity index (χ2n) is 8.62. The highest BCUT2D eigenvalue weighted by atomic mass is 32.2. The minimum atomic E-state index is -6.64. The number of aliphatic hydroxyl groups excluding tert-OH is 1. The Kier molecular flexibility index (Phi) is 9.96. The summed E-state index contributed by atoms with van der Waals surface area (Å²) in [6.45, 7) is 2.68. The fourth-order valence-corrected chi connectivity index (χ4v) is 3.82. The van der Waals surface area contributed by atoms with E-state index in [0.29, 0.717) is 5.69 Å². The fourth-order valence-electron chi connectivity index (χ4n) is 2.83. The SMILES string of the molecule is CO[NH2+]c1ccc(S/C(=N/N)N(N)C(C)(C)CO)c(C(=O)Nc2ncc(C(F)(F)C(F)(F)C(F)(F)F)cc2F)c1. The van der Waals surface area contributed by atoms with E-state index < -0.39 is 53.3 Å². The second-order valence-corrected chi connectivity index (χ2v) is 9.63. The third-order valence-corrected chi connectivity index (χ3v) is 6.31. The second kappa shape index (κ2) is 12.1. The maximum atomic E-state index is 14.5. The molecular weight excluding hydrogens is 582 g/mol. The monoisotopic (exact) mass is 606 g/mol. The molecule has 2 aromatic rings. The van der Waals surface area contributed by atoms with E-state index in [-0.39, 0.29) is 27.9 Å². The van der Waals surface area contributed by atoms with Crippen molar-refractivity contribution in [3.05, 3.63) is 47.4 Å². The Hall–Kier alpha value is -3.26. The van der Waals surface area contributed by atoms with Crippen LogP contribution < -0.4 is 22.5 Å². The molecule has 0 aliphatic carbocycles. The molecule has 0 fully saturated rings. The number of nitrogens with zero attached hydrogens (tertiary/aromatic N) is 3. The van der Waals surface area contributed by atoms with Gasteiger partial charge in [0.1, 0.15) is 0 Å². The summed E-state index contributed by atoms with van der Waals surface area (Å²) in [6.07, 6.45) is -6.76. The van der Waals surface area contributed by atoms with Crippen LogP contribution in [0.4, 0.5) is 46.6 Å². The summed E-state index contributed by atoms with van der Waals surface area (Å²) < 4.78 is 107. The van der Waals surface area contributed by atoms with Crippen LogP contribution in [0.1, 0.15) is 29.8 Å². The first-order valence-electron chi connectivity index (χ1n) is 10.7. The number of hydrazine groups is 1. The highest BCUT2D eigenvalue weighted by Gasteiger charge is 2.73. The number of halogens is 8. The van der Waals surface area contributed by atoms with Gasteiger partial charge in [-0.05, 0) is 37.7 Å². The molecule has 1 heterocycles. The number of nitrogens with two attached hydrogens (primary N) is 3. The summed E-state index contributed by atoms with van der Waals surface area (Å²) in [6, 6.07) is 3.83. The molecule has 222 valence electrons. The Bertz CT molecular complexity index is 1260. The first-order chi connectivity index (χ1) is 18.3. The number of hydrazone groups is 1. The minimum Gasteiger partial charge on any atom is -0.394 e. The third kappa shape index (κ3) is 6.72. The van der Waals surface area contributed by atoms with Gasteiger partial charge < -0.3 is 16.3 Å². The van der Waals surface area contributed by atoms with Gasteiger partial charge in [-0.3, -0.25) is 9.80 Å². The molecule has 0 aliphatic heterocycles. The summed E-state index contributed by atoms with van der Waals surface area (Å²) in [5.41, 5.74) is -1.80. The molecule has 0 bridgehead atoms. The number of alkyl halides is 7. The van der Waals surface area contributed by atoms with Gasteiger partial charge in [-0.2, -0.15) is 41.3 Å². The van der Waals surface area contributed by atoms with Crippen LogP contribution in [0.2, 0.25) is 0 Å². The highest BCUT2D eigenvalue weighted by molar-refractivity contribution is 8.13. The molecule has 1 aromatic carbocycles.